The quantitative estimate of drug-likeness (QED) is 0.289. The van der Waals surface area contributed by atoms with Crippen LogP contribution in [0, 0.1) is 26.1 Å². The van der Waals surface area contributed by atoms with Gasteiger partial charge in [0.05, 0.1) is 26.6 Å². The molecule has 0 N–H and O–H groups in total. The average molecular weight is 535 g/mol. The van der Waals surface area contributed by atoms with E-state index >= 15 is 0 Å². The number of rotatable bonds is 6. The van der Waals surface area contributed by atoms with Gasteiger partial charge in [0.15, 0.2) is 5.69 Å². The van der Waals surface area contributed by atoms with Gasteiger partial charge in [-0.3, -0.25) is 29.7 Å². The predicted molar refractivity (Wildman–Crippen MR) is 141 cm³/mol. The standard InChI is InChI=1S/C26H23ClN6O5/c1-2-30-15-22(27)24(28-30)26(34)31-25(18-8-4-10-20(14-18)33(37)38)21-11-5-7-17(23(21)29-31)12-16-6-3-9-19(13-16)32(35)36/h3-4,6,8-10,12-15,21,25H,2,5,7,11H2,1H3/b17-12-/t21-,25+/m0/s1. The minimum absolute atomic E-state index is 0.0208. The second kappa shape index (κ2) is 10.2. The van der Waals surface area contributed by atoms with Crippen LogP contribution in [0.2, 0.25) is 5.02 Å². The number of halogens is 1. The molecule has 1 aliphatic carbocycles. The Hall–Kier alpha value is -4.38. The van der Waals surface area contributed by atoms with Gasteiger partial charge in [0.25, 0.3) is 17.3 Å². The first-order valence-electron chi connectivity index (χ1n) is 12.1. The summed E-state index contributed by atoms with van der Waals surface area (Å²) < 4.78 is 1.56. The maximum atomic E-state index is 13.8. The van der Waals surface area contributed by atoms with Crippen LogP contribution in [0.15, 0.2) is 65.4 Å². The number of nitrogens with zero attached hydrogens (tertiary/aromatic N) is 6. The molecule has 5 rings (SSSR count). The molecular formula is C26H23ClN6O5. The molecule has 1 fully saturated rings. The van der Waals surface area contributed by atoms with Crippen molar-refractivity contribution in [3.05, 3.63) is 102 Å². The van der Waals surface area contributed by atoms with Crippen LogP contribution in [-0.2, 0) is 6.54 Å². The van der Waals surface area contributed by atoms with Crippen molar-refractivity contribution in [2.75, 3.05) is 0 Å². The zero-order valence-electron chi connectivity index (χ0n) is 20.4. The minimum Gasteiger partial charge on any atom is -0.271 e. The molecule has 0 bridgehead atoms. The molecule has 1 aromatic heterocycles. The maximum absolute atomic E-state index is 13.8. The summed E-state index contributed by atoms with van der Waals surface area (Å²) in [6.07, 6.45) is 5.60. The van der Waals surface area contributed by atoms with E-state index in [1.165, 1.54) is 29.3 Å². The van der Waals surface area contributed by atoms with Gasteiger partial charge in [-0.05, 0) is 49.0 Å². The number of fused-ring (bicyclic) bond motifs is 1. The number of amides is 1. The van der Waals surface area contributed by atoms with Crippen LogP contribution in [0.1, 0.15) is 53.8 Å². The highest BCUT2D eigenvalue weighted by Gasteiger charge is 2.45. The van der Waals surface area contributed by atoms with Gasteiger partial charge >= 0.3 is 0 Å². The molecular weight excluding hydrogens is 512 g/mol. The summed E-state index contributed by atoms with van der Waals surface area (Å²) in [7, 11) is 0. The molecule has 3 aromatic rings. The Morgan fingerprint density at radius 1 is 1.13 bits per heavy atom. The molecule has 38 heavy (non-hydrogen) atoms. The Morgan fingerprint density at radius 3 is 2.53 bits per heavy atom. The molecule has 11 nitrogen and oxygen atoms in total. The van der Waals surface area contributed by atoms with Gasteiger partial charge in [0, 0.05) is 42.9 Å². The lowest BCUT2D eigenvalue weighted by atomic mass is 9.77. The van der Waals surface area contributed by atoms with Crippen molar-refractivity contribution in [1.82, 2.24) is 14.8 Å². The van der Waals surface area contributed by atoms with E-state index in [1.807, 2.05) is 13.0 Å². The Labute approximate surface area is 222 Å². The van der Waals surface area contributed by atoms with Crippen LogP contribution in [0.3, 0.4) is 0 Å². The summed E-state index contributed by atoms with van der Waals surface area (Å²) in [5, 5.41) is 33.4. The number of aromatic nitrogens is 2. The van der Waals surface area contributed by atoms with Crippen molar-refractivity contribution >= 4 is 40.7 Å². The molecule has 1 saturated carbocycles. The van der Waals surface area contributed by atoms with Crippen LogP contribution in [0.25, 0.3) is 6.08 Å². The third-order valence-electron chi connectivity index (χ3n) is 6.80. The van der Waals surface area contributed by atoms with E-state index < -0.39 is 21.8 Å². The van der Waals surface area contributed by atoms with Gasteiger partial charge in [-0.1, -0.05) is 35.9 Å². The number of hydrogen-bond donors (Lipinski definition) is 0. The Balaban J connectivity index is 1.61. The first kappa shape index (κ1) is 25.3. The Bertz CT molecular complexity index is 1510. The molecule has 0 saturated heterocycles. The molecule has 12 heteroatoms. The summed E-state index contributed by atoms with van der Waals surface area (Å²) >= 11 is 6.35. The van der Waals surface area contributed by atoms with Gasteiger partial charge < -0.3 is 0 Å². The molecule has 0 unspecified atom stereocenters. The molecule has 2 aromatic carbocycles. The number of aryl methyl sites for hydroxylation is 1. The van der Waals surface area contributed by atoms with Crippen LogP contribution in [0.5, 0.6) is 0 Å². The van der Waals surface area contributed by atoms with Gasteiger partial charge in [-0.15, -0.1) is 0 Å². The predicted octanol–water partition coefficient (Wildman–Crippen LogP) is 5.81. The van der Waals surface area contributed by atoms with Crippen LogP contribution >= 0.6 is 11.6 Å². The molecule has 2 atom stereocenters. The third kappa shape index (κ3) is 4.68. The summed E-state index contributed by atoms with van der Waals surface area (Å²) in [5.74, 6) is -0.734. The fraction of sp³-hybridized carbons (Fsp3) is 0.269. The fourth-order valence-electron chi connectivity index (χ4n) is 5.07. The van der Waals surface area contributed by atoms with Gasteiger partial charge in [-0.2, -0.15) is 10.2 Å². The first-order valence-corrected chi connectivity index (χ1v) is 12.5. The van der Waals surface area contributed by atoms with Crippen LogP contribution in [0.4, 0.5) is 11.4 Å². The number of hydrazone groups is 1. The highest BCUT2D eigenvalue weighted by atomic mass is 35.5. The van der Waals surface area contributed by atoms with Crippen LogP contribution in [-0.4, -0.2) is 36.3 Å². The molecule has 0 radical (unpaired) electrons. The van der Waals surface area contributed by atoms with E-state index in [0.29, 0.717) is 36.2 Å². The number of hydrogen-bond acceptors (Lipinski definition) is 7. The van der Waals surface area contributed by atoms with E-state index in [2.05, 4.69) is 5.10 Å². The number of benzene rings is 2. The van der Waals surface area contributed by atoms with Gasteiger partial charge in [-0.25, -0.2) is 5.01 Å². The minimum atomic E-state index is -0.603. The van der Waals surface area contributed by atoms with E-state index in [9.17, 15) is 25.0 Å². The number of nitro groups is 2. The zero-order chi connectivity index (χ0) is 27.0. The molecule has 2 heterocycles. The van der Waals surface area contributed by atoms with Crippen LogP contribution < -0.4 is 0 Å². The number of carbonyl (C=O) groups excluding carboxylic acids is 1. The van der Waals surface area contributed by atoms with Crippen molar-refractivity contribution in [2.24, 2.45) is 11.0 Å². The monoisotopic (exact) mass is 534 g/mol. The summed E-state index contributed by atoms with van der Waals surface area (Å²) in [4.78, 5) is 35.6. The zero-order valence-corrected chi connectivity index (χ0v) is 21.1. The molecule has 2 aliphatic rings. The van der Waals surface area contributed by atoms with Crippen molar-refractivity contribution < 1.29 is 14.6 Å². The van der Waals surface area contributed by atoms with Gasteiger partial charge in [0.2, 0.25) is 0 Å². The lowest BCUT2D eigenvalue weighted by Crippen LogP contribution is -2.32. The smallest absolute Gasteiger partial charge is 0.271 e. The number of allylic oxidation sites excluding steroid dienone is 1. The number of nitro benzene ring substituents is 2. The van der Waals surface area contributed by atoms with E-state index in [-0.39, 0.29) is 28.0 Å². The fourth-order valence-corrected chi connectivity index (χ4v) is 5.30. The molecule has 1 aliphatic heterocycles. The van der Waals surface area contributed by atoms with Gasteiger partial charge in [0.1, 0.15) is 0 Å². The largest absolute Gasteiger partial charge is 0.296 e. The third-order valence-corrected chi connectivity index (χ3v) is 7.07. The highest BCUT2D eigenvalue weighted by molar-refractivity contribution is 6.33. The Kier molecular flexibility index (Phi) is 6.77. The van der Waals surface area contributed by atoms with E-state index in [1.54, 1.807) is 35.1 Å². The second-order valence-corrected chi connectivity index (χ2v) is 9.54. The second-order valence-electron chi connectivity index (χ2n) is 9.13. The molecule has 194 valence electrons. The lowest BCUT2D eigenvalue weighted by molar-refractivity contribution is -0.385. The van der Waals surface area contributed by atoms with E-state index in [0.717, 1.165) is 12.0 Å². The molecule has 0 spiro atoms. The number of non-ortho nitro benzene ring substituents is 2. The summed E-state index contributed by atoms with van der Waals surface area (Å²) in [6, 6.07) is 11.9. The lowest BCUT2D eigenvalue weighted by Gasteiger charge is -2.29. The summed E-state index contributed by atoms with van der Waals surface area (Å²) in [5.41, 5.74) is 2.72. The topological polar surface area (TPSA) is 137 Å². The molecule has 1 amide bonds. The van der Waals surface area contributed by atoms with Crippen molar-refractivity contribution in [3.8, 4) is 0 Å². The normalized spacial score (nSPS) is 19.8. The first-order chi connectivity index (χ1) is 18.3. The maximum Gasteiger partial charge on any atom is 0.296 e. The van der Waals surface area contributed by atoms with Crippen molar-refractivity contribution in [3.63, 3.8) is 0 Å². The van der Waals surface area contributed by atoms with E-state index in [4.69, 9.17) is 16.7 Å². The average Bonchev–Trinajstić information content (AvgIpc) is 3.49. The SMILES string of the molecule is CCn1cc(Cl)c(C(=O)N2N=C3/C(=C\c4cccc([N+](=O)[O-])c4)CCC[C@@H]3[C@H]2c2cccc([N+](=O)[O-])c2)n1. The Morgan fingerprint density at radius 2 is 1.84 bits per heavy atom. The van der Waals surface area contributed by atoms with Crippen molar-refractivity contribution in [2.45, 2.75) is 38.8 Å². The highest BCUT2D eigenvalue weighted by Crippen LogP contribution is 2.45. The van der Waals surface area contributed by atoms with Crippen molar-refractivity contribution in [1.29, 1.82) is 0 Å². The number of carbonyl (C=O) groups is 1. The summed E-state index contributed by atoms with van der Waals surface area (Å²) in [6.45, 7) is 2.40.